The number of nitrogens with zero attached hydrogens (tertiary/aromatic N) is 2. The van der Waals surface area contributed by atoms with Crippen molar-refractivity contribution in [2.24, 2.45) is 5.92 Å². The lowest BCUT2D eigenvalue weighted by Crippen LogP contribution is -2.44. The molecule has 22 heavy (non-hydrogen) atoms. The summed E-state index contributed by atoms with van der Waals surface area (Å²) in [6.45, 7) is 2.78. The van der Waals surface area contributed by atoms with Crippen LogP contribution in [0.15, 0.2) is 18.2 Å². The second-order valence-electron chi connectivity index (χ2n) is 5.44. The van der Waals surface area contributed by atoms with E-state index < -0.39 is 22.4 Å². The fraction of sp³-hybridized carbons (Fsp3) is 0.571. The predicted octanol–water partition coefficient (Wildman–Crippen LogP) is 3.47. The van der Waals surface area contributed by atoms with E-state index in [-0.39, 0.29) is 17.7 Å². The van der Waals surface area contributed by atoms with Crippen molar-refractivity contribution in [3.8, 4) is 0 Å². The monoisotopic (exact) mass is 318 g/mol. The Labute approximate surface area is 125 Å². The van der Waals surface area contributed by atoms with E-state index in [1.54, 1.807) is 4.90 Å². The van der Waals surface area contributed by atoms with Crippen LogP contribution in [0.5, 0.6) is 0 Å². The van der Waals surface area contributed by atoms with Crippen LogP contribution in [0.4, 0.5) is 24.5 Å². The van der Waals surface area contributed by atoms with Crippen molar-refractivity contribution in [1.82, 2.24) is 0 Å². The van der Waals surface area contributed by atoms with Gasteiger partial charge in [0.15, 0.2) is 0 Å². The molecule has 2 unspecified atom stereocenters. The Balaban J connectivity index is 2.40. The molecule has 122 valence electrons. The van der Waals surface area contributed by atoms with E-state index >= 15 is 0 Å². The van der Waals surface area contributed by atoms with E-state index in [9.17, 15) is 23.3 Å². The summed E-state index contributed by atoms with van der Waals surface area (Å²) in [5.74, 6) is 0.258. The number of alkyl halides is 3. The van der Waals surface area contributed by atoms with E-state index in [2.05, 4.69) is 0 Å². The standard InChI is InChI=1S/C14H17F3N2O3/c1-9-5-6-18(8-13(9)22-2)12-4-3-10(19(20)21)7-11(12)14(15,16)17/h3-4,7,9,13H,5-6,8H2,1-2H3. The molecule has 8 heteroatoms. The zero-order valence-corrected chi connectivity index (χ0v) is 12.3. The molecule has 2 atom stereocenters. The van der Waals surface area contributed by atoms with Crippen LogP contribution in [0.3, 0.4) is 0 Å². The molecule has 1 aliphatic heterocycles. The van der Waals surface area contributed by atoms with Gasteiger partial charge < -0.3 is 9.64 Å². The first-order chi connectivity index (χ1) is 10.2. The minimum absolute atomic E-state index is 0.0351. The summed E-state index contributed by atoms with van der Waals surface area (Å²) in [6, 6.07) is 2.86. The zero-order valence-electron chi connectivity index (χ0n) is 12.3. The second kappa shape index (κ2) is 6.12. The maximum absolute atomic E-state index is 13.2. The topological polar surface area (TPSA) is 55.6 Å². The number of non-ortho nitro benzene ring substituents is 1. The van der Waals surface area contributed by atoms with Crippen LogP contribution in [0.1, 0.15) is 18.9 Å². The van der Waals surface area contributed by atoms with Crippen LogP contribution in [0.25, 0.3) is 0 Å². The Morgan fingerprint density at radius 3 is 2.64 bits per heavy atom. The number of anilines is 1. The number of hydrogen-bond acceptors (Lipinski definition) is 4. The lowest BCUT2D eigenvalue weighted by molar-refractivity contribution is -0.385. The molecule has 5 nitrogen and oxygen atoms in total. The Morgan fingerprint density at radius 1 is 1.41 bits per heavy atom. The van der Waals surface area contributed by atoms with Gasteiger partial charge in [0, 0.05) is 38.0 Å². The number of piperidine rings is 1. The predicted molar refractivity (Wildman–Crippen MR) is 74.9 cm³/mol. The largest absolute Gasteiger partial charge is 0.418 e. The molecule has 0 N–H and O–H groups in total. The number of methoxy groups -OCH3 is 1. The van der Waals surface area contributed by atoms with Gasteiger partial charge in [-0.3, -0.25) is 10.1 Å². The number of rotatable bonds is 3. The summed E-state index contributed by atoms with van der Waals surface area (Å²) in [6.07, 6.45) is -4.11. The fourth-order valence-corrected chi connectivity index (χ4v) is 2.70. The summed E-state index contributed by atoms with van der Waals surface area (Å²) in [4.78, 5) is 11.5. The molecule has 1 aromatic carbocycles. The lowest BCUT2D eigenvalue weighted by atomic mass is 9.94. The van der Waals surface area contributed by atoms with Crippen LogP contribution >= 0.6 is 0 Å². The van der Waals surface area contributed by atoms with Gasteiger partial charge in [-0.15, -0.1) is 0 Å². The van der Waals surface area contributed by atoms with Crippen molar-refractivity contribution in [2.45, 2.75) is 25.6 Å². The van der Waals surface area contributed by atoms with Crippen molar-refractivity contribution < 1.29 is 22.8 Å². The maximum atomic E-state index is 13.2. The van der Waals surface area contributed by atoms with Crippen molar-refractivity contribution in [3.63, 3.8) is 0 Å². The summed E-state index contributed by atoms with van der Waals surface area (Å²) < 4.78 is 45.0. The van der Waals surface area contributed by atoms with E-state index in [0.29, 0.717) is 25.6 Å². The van der Waals surface area contributed by atoms with Crippen LogP contribution in [0, 0.1) is 16.0 Å². The lowest BCUT2D eigenvalue weighted by Gasteiger charge is -2.38. The minimum atomic E-state index is -4.65. The molecule has 0 amide bonds. The molecule has 1 fully saturated rings. The highest BCUT2D eigenvalue weighted by molar-refractivity contribution is 5.59. The molecule has 2 rings (SSSR count). The summed E-state index contributed by atoms with van der Waals surface area (Å²) >= 11 is 0. The first kappa shape index (κ1) is 16.5. The Kier molecular flexibility index (Phi) is 4.60. The molecular formula is C14H17F3N2O3. The summed E-state index contributed by atoms with van der Waals surface area (Å²) in [5.41, 5.74) is -1.58. The van der Waals surface area contributed by atoms with Crippen molar-refractivity contribution >= 4 is 11.4 Å². The van der Waals surface area contributed by atoms with Crippen LogP contribution < -0.4 is 4.90 Å². The van der Waals surface area contributed by atoms with Gasteiger partial charge in [-0.05, 0) is 18.4 Å². The number of ether oxygens (including phenoxy) is 1. The Hall–Kier alpha value is -1.83. The molecule has 0 bridgehead atoms. The molecule has 1 heterocycles. The fourth-order valence-electron chi connectivity index (χ4n) is 2.70. The SMILES string of the molecule is COC1CN(c2ccc([N+](=O)[O-])cc2C(F)(F)F)CCC1C. The number of nitro groups is 1. The van der Waals surface area contributed by atoms with Gasteiger partial charge in [0.2, 0.25) is 0 Å². The van der Waals surface area contributed by atoms with Gasteiger partial charge in [0.25, 0.3) is 5.69 Å². The van der Waals surface area contributed by atoms with Crippen molar-refractivity contribution in [2.75, 3.05) is 25.1 Å². The molecule has 1 aromatic rings. The van der Waals surface area contributed by atoms with Crippen LogP contribution in [-0.2, 0) is 10.9 Å². The van der Waals surface area contributed by atoms with Crippen molar-refractivity contribution in [1.29, 1.82) is 0 Å². The van der Waals surface area contributed by atoms with Gasteiger partial charge in [-0.25, -0.2) is 0 Å². The third kappa shape index (κ3) is 3.32. The van der Waals surface area contributed by atoms with Gasteiger partial charge in [0.1, 0.15) is 0 Å². The van der Waals surface area contributed by atoms with Crippen molar-refractivity contribution in [3.05, 3.63) is 33.9 Å². The molecule has 1 aliphatic rings. The number of halogens is 3. The molecule has 1 saturated heterocycles. The third-order valence-electron chi connectivity index (χ3n) is 4.03. The summed E-state index contributed by atoms with van der Waals surface area (Å²) in [7, 11) is 1.53. The highest BCUT2D eigenvalue weighted by Gasteiger charge is 2.38. The average molecular weight is 318 g/mol. The smallest absolute Gasteiger partial charge is 0.379 e. The van der Waals surface area contributed by atoms with Crippen LogP contribution in [-0.4, -0.2) is 31.2 Å². The number of nitro benzene ring substituents is 1. The normalized spacial score (nSPS) is 22.7. The van der Waals surface area contributed by atoms with E-state index in [1.165, 1.54) is 13.2 Å². The zero-order chi connectivity index (χ0) is 16.5. The quantitative estimate of drug-likeness (QED) is 0.632. The Bertz CT molecular complexity index is 563. The molecular weight excluding hydrogens is 301 g/mol. The van der Waals surface area contributed by atoms with Gasteiger partial charge in [-0.2, -0.15) is 13.2 Å². The van der Waals surface area contributed by atoms with E-state index in [4.69, 9.17) is 4.74 Å². The highest BCUT2D eigenvalue weighted by Crippen LogP contribution is 2.40. The second-order valence-corrected chi connectivity index (χ2v) is 5.44. The Morgan fingerprint density at radius 2 is 2.09 bits per heavy atom. The molecule has 0 aliphatic carbocycles. The van der Waals surface area contributed by atoms with E-state index in [0.717, 1.165) is 6.07 Å². The molecule has 0 saturated carbocycles. The first-order valence-corrected chi connectivity index (χ1v) is 6.87. The summed E-state index contributed by atoms with van der Waals surface area (Å²) in [5, 5.41) is 10.7. The minimum Gasteiger partial charge on any atom is -0.379 e. The van der Waals surface area contributed by atoms with Gasteiger partial charge in [-0.1, -0.05) is 6.92 Å². The molecule has 0 radical (unpaired) electrons. The number of benzene rings is 1. The van der Waals surface area contributed by atoms with Crippen LogP contribution in [0.2, 0.25) is 0 Å². The molecule has 0 aromatic heterocycles. The van der Waals surface area contributed by atoms with E-state index in [1.807, 2.05) is 6.92 Å². The third-order valence-corrected chi connectivity index (χ3v) is 4.03. The highest BCUT2D eigenvalue weighted by atomic mass is 19.4. The van der Waals surface area contributed by atoms with Gasteiger partial charge >= 0.3 is 6.18 Å². The van der Waals surface area contributed by atoms with Gasteiger partial charge in [0.05, 0.1) is 16.6 Å². The average Bonchev–Trinajstić information content (AvgIpc) is 2.46. The number of hydrogen-bond donors (Lipinski definition) is 0. The maximum Gasteiger partial charge on any atom is 0.418 e. The first-order valence-electron chi connectivity index (χ1n) is 6.87. The molecule has 0 spiro atoms.